The zero-order valence-electron chi connectivity index (χ0n) is 10.3. The first kappa shape index (κ1) is 13.4. The van der Waals surface area contributed by atoms with Crippen LogP contribution in [0.2, 0.25) is 0 Å². The molecule has 0 aliphatic heterocycles. The Kier molecular flexibility index (Phi) is 4.40. The Labute approximate surface area is 114 Å². The Morgan fingerprint density at radius 3 is 3.00 bits per heavy atom. The molecule has 2 rings (SSSR count). The second kappa shape index (κ2) is 6.24. The SMILES string of the molecule is COc1ccccc1-c1nc(SCCC(=O)O)n[nH]1. The van der Waals surface area contributed by atoms with Gasteiger partial charge in [0.05, 0.1) is 19.1 Å². The van der Waals surface area contributed by atoms with Crippen LogP contribution >= 0.6 is 11.8 Å². The highest BCUT2D eigenvalue weighted by Gasteiger charge is 2.10. The first-order chi connectivity index (χ1) is 9.20. The third-order valence-electron chi connectivity index (χ3n) is 2.37. The summed E-state index contributed by atoms with van der Waals surface area (Å²) in [7, 11) is 1.59. The smallest absolute Gasteiger partial charge is 0.304 e. The number of para-hydroxylation sites is 1. The van der Waals surface area contributed by atoms with Gasteiger partial charge in [-0.15, -0.1) is 5.10 Å². The first-order valence-electron chi connectivity index (χ1n) is 5.61. The molecule has 0 aliphatic rings. The van der Waals surface area contributed by atoms with Gasteiger partial charge in [-0.25, -0.2) is 4.98 Å². The van der Waals surface area contributed by atoms with Crippen LogP contribution in [0.15, 0.2) is 29.4 Å². The maximum Gasteiger partial charge on any atom is 0.304 e. The molecule has 0 atom stereocenters. The van der Waals surface area contributed by atoms with Gasteiger partial charge in [0.1, 0.15) is 5.75 Å². The van der Waals surface area contributed by atoms with Crippen LogP contribution in [-0.2, 0) is 4.79 Å². The van der Waals surface area contributed by atoms with Gasteiger partial charge in [-0.05, 0) is 12.1 Å². The van der Waals surface area contributed by atoms with Gasteiger partial charge in [0.15, 0.2) is 5.82 Å². The molecular weight excluding hydrogens is 266 g/mol. The first-order valence-corrected chi connectivity index (χ1v) is 6.59. The lowest BCUT2D eigenvalue weighted by molar-refractivity contribution is -0.136. The van der Waals surface area contributed by atoms with E-state index in [1.165, 1.54) is 11.8 Å². The molecule has 0 saturated heterocycles. The summed E-state index contributed by atoms with van der Waals surface area (Å²) in [6.45, 7) is 0. The Morgan fingerprint density at radius 2 is 2.26 bits per heavy atom. The molecule has 0 spiro atoms. The van der Waals surface area contributed by atoms with Crippen LogP contribution in [0.5, 0.6) is 5.75 Å². The number of thioether (sulfide) groups is 1. The molecule has 1 aromatic carbocycles. The van der Waals surface area contributed by atoms with Crippen LogP contribution in [-0.4, -0.2) is 39.1 Å². The van der Waals surface area contributed by atoms with E-state index < -0.39 is 5.97 Å². The molecule has 7 heteroatoms. The molecule has 100 valence electrons. The highest BCUT2D eigenvalue weighted by molar-refractivity contribution is 7.99. The standard InChI is InChI=1S/C12H13N3O3S/c1-18-9-5-3-2-4-8(9)11-13-12(15-14-11)19-7-6-10(16)17/h2-5H,6-7H2,1H3,(H,16,17)(H,13,14,15). The van der Waals surface area contributed by atoms with E-state index in [-0.39, 0.29) is 6.42 Å². The lowest BCUT2D eigenvalue weighted by Gasteiger charge is -2.04. The van der Waals surface area contributed by atoms with E-state index in [1.807, 2.05) is 24.3 Å². The van der Waals surface area contributed by atoms with Gasteiger partial charge in [-0.2, -0.15) is 0 Å². The maximum atomic E-state index is 10.4. The summed E-state index contributed by atoms with van der Waals surface area (Å²) in [5.41, 5.74) is 0.822. The molecule has 0 saturated carbocycles. The van der Waals surface area contributed by atoms with Crippen molar-refractivity contribution in [2.75, 3.05) is 12.9 Å². The Balaban J connectivity index is 2.10. The van der Waals surface area contributed by atoms with Gasteiger partial charge in [0.25, 0.3) is 0 Å². The number of hydrogen-bond acceptors (Lipinski definition) is 5. The fourth-order valence-corrected chi connectivity index (χ4v) is 2.23. The summed E-state index contributed by atoms with van der Waals surface area (Å²) in [6.07, 6.45) is 0.0865. The Bertz CT molecular complexity index is 571. The molecule has 1 aromatic heterocycles. The van der Waals surface area contributed by atoms with E-state index in [0.29, 0.717) is 22.5 Å². The largest absolute Gasteiger partial charge is 0.496 e. The fraction of sp³-hybridized carbons (Fsp3) is 0.250. The fourth-order valence-electron chi connectivity index (χ4n) is 1.50. The Hall–Kier alpha value is -2.02. The zero-order valence-corrected chi connectivity index (χ0v) is 11.1. The van der Waals surface area contributed by atoms with Crippen LogP contribution in [0.4, 0.5) is 0 Å². The van der Waals surface area contributed by atoms with Crippen molar-refractivity contribution in [2.24, 2.45) is 0 Å². The molecule has 0 amide bonds. The maximum absolute atomic E-state index is 10.4. The van der Waals surface area contributed by atoms with Gasteiger partial charge in [0.2, 0.25) is 5.16 Å². The summed E-state index contributed by atoms with van der Waals surface area (Å²) >= 11 is 1.30. The van der Waals surface area contributed by atoms with Gasteiger partial charge in [0, 0.05) is 5.75 Å². The summed E-state index contributed by atoms with van der Waals surface area (Å²) in [5.74, 6) is 0.933. The number of carboxylic acids is 1. The van der Waals surface area contributed by atoms with E-state index in [4.69, 9.17) is 9.84 Å². The van der Waals surface area contributed by atoms with E-state index in [0.717, 1.165) is 5.56 Å². The second-order valence-electron chi connectivity index (χ2n) is 3.66. The molecule has 6 nitrogen and oxygen atoms in total. The molecule has 0 aliphatic carbocycles. The number of rotatable bonds is 6. The van der Waals surface area contributed by atoms with Crippen molar-refractivity contribution in [3.05, 3.63) is 24.3 Å². The van der Waals surface area contributed by atoms with Gasteiger partial charge < -0.3 is 9.84 Å². The normalized spacial score (nSPS) is 10.4. The van der Waals surface area contributed by atoms with Gasteiger partial charge in [-0.3, -0.25) is 9.89 Å². The molecule has 0 radical (unpaired) electrons. The number of hydrogen-bond donors (Lipinski definition) is 2. The molecule has 2 aromatic rings. The van der Waals surface area contributed by atoms with Crippen LogP contribution in [0.1, 0.15) is 6.42 Å². The summed E-state index contributed by atoms with van der Waals surface area (Å²) in [5, 5.41) is 16.0. The molecule has 0 bridgehead atoms. The minimum Gasteiger partial charge on any atom is -0.496 e. The number of H-pyrrole nitrogens is 1. The van der Waals surface area contributed by atoms with Crippen molar-refractivity contribution >= 4 is 17.7 Å². The topological polar surface area (TPSA) is 88.1 Å². The predicted molar refractivity (Wildman–Crippen MR) is 71.3 cm³/mol. The number of nitrogens with zero attached hydrogens (tertiary/aromatic N) is 2. The highest BCUT2D eigenvalue weighted by atomic mass is 32.2. The second-order valence-corrected chi connectivity index (χ2v) is 4.72. The average Bonchev–Trinajstić information content (AvgIpc) is 2.87. The molecule has 19 heavy (non-hydrogen) atoms. The van der Waals surface area contributed by atoms with Crippen molar-refractivity contribution in [2.45, 2.75) is 11.6 Å². The average molecular weight is 279 g/mol. The van der Waals surface area contributed by atoms with E-state index >= 15 is 0 Å². The summed E-state index contributed by atoms with van der Waals surface area (Å²) in [4.78, 5) is 14.7. The van der Waals surface area contributed by atoms with Crippen LogP contribution in [0.25, 0.3) is 11.4 Å². The third-order valence-corrected chi connectivity index (χ3v) is 3.22. The quantitative estimate of drug-likeness (QED) is 0.787. The van der Waals surface area contributed by atoms with E-state index in [9.17, 15) is 4.79 Å². The molecular formula is C12H13N3O3S. The minimum absolute atomic E-state index is 0.0865. The van der Waals surface area contributed by atoms with Crippen molar-refractivity contribution in [3.8, 4) is 17.1 Å². The van der Waals surface area contributed by atoms with Crippen molar-refractivity contribution in [1.82, 2.24) is 15.2 Å². The zero-order chi connectivity index (χ0) is 13.7. The number of aromatic nitrogens is 3. The number of aromatic amines is 1. The monoisotopic (exact) mass is 279 g/mol. The number of benzene rings is 1. The van der Waals surface area contributed by atoms with Crippen molar-refractivity contribution in [3.63, 3.8) is 0 Å². The molecule has 0 unspecified atom stereocenters. The van der Waals surface area contributed by atoms with E-state index in [2.05, 4.69) is 15.2 Å². The number of nitrogens with one attached hydrogen (secondary N) is 1. The number of carbonyl (C=O) groups is 1. The minimum atomic E-state index is -0.826. The molecule has 0 fully saturated rings. The van der Waals surface area contributed by atoms with E-state index in [1.54, 1.807) is 7.11 Å². The molecule has 2 N–H and O–H groups in total. The number of methoxy groups -OCH3 is 1. The van der Waals surface area contributed by atoms with Crippen molar-refractivity contribution in [1.29, 1.82) is 0 Å². The molecule has 1 heterocycles. The number of ether oxygens (including phenoxy) is 1. The van der Waals surface area contributed by atoms with Crippen LogP contribution < -0.4 is 4.74 Å². The summed E-state index contributed by atoms with van der Waals surface area (Å²) in [6, 6.07) is 7.49. The number of aliphatic carboxylic acids is 1. The Morgan fingerprint density at radius 1 is 1.47 bits per heavy atom. The van der Waals surface area contributed by atoms with Gasteiger partial charge in [-0.1, -0.05) is 23.9 Å². The van der Waals surface area contributed by atoms with Crippen LogP contribution in [0, 0.1) is 0 Å². The highest BCUT2D eigenvalue weighted by Crippen LogP contribution is 2.27. The van der Waals surface area contributed by atoms with Crippen LogP contribution in [0.3, 0.4) is 0 Å². The van der Waals surface area contributed by atoms with Crippen molar-refractivity contribution < 1.29 is 14.6 Å². The predicted octanol–water partition coefficient (Wildman–Crippen LogP) is 2.05. The van der Waals surface area contributed by atoms with Gasteiger partial charge >= 0.3 is 5.97 Å². The summed E-state index contributed by atoms with van der Waals surface area (Å²) < 4.78 is 5.25. The lowest BCUT2D eigenvalue weighted by Crippen LogP contribution is -1.95. The number of carboxylic acid groups (broad SMARTS) is 1. The lowest BCUT2D eigenvalue weighted by atomic mass is 10.2. The third kappa shape index (κ3) is 3.47.